The molecule has 0 bridgehead atoms. The third-order valence-corrected chi connectivity index (χ3v) is 3.67. The highest BCUT2D eigenvalue weighted by atomic mass is 16.5. The first-order valence-electron chi connectivity index (χ1n) is 9.28. The second-order valence-electron chi connectivity index (χ2n) is 5.71. The Bertz CT molecular complexity index is 867. The van der Waals surface area contributed by atoms with Crippen LogP contribution in [0.5, 0.6) is 11.5 Å². The molecule has 2 amide bonds. The van der Waals surface area contributed by atoms with E-state index in [1.165, 1.54) is 12.1 Å². The molecule has 0 spiro atoms. The van der Waals surface area contributed by atoms with Gasteiger partial charge in [-0.25, -0.2) is 4.79 Å². The molecular formula is C21H24N2O6. The maximum atomic E-state index is 12.5. The Labute approximate surface area is 169 Å². The summed E-state index contributed by atoms with van der Waals surface area (Å²) < 4.78 is 15.9. The molecular weight excluding hydrogens is 376 g/mol. The average molecular weight is 400 g/mol. The Balaban J connectivity index is 2.36. The van der Waals surface area contributed by atoms with E-state index in [4.69, 9.17) is 14.2 Å². The van der Waals surface area contributed by atoms with Gasteiger partial charge in [-0.3, -0.25) is 9.59 Å². The largest absolute Gasteiger partial charge is 0.492 e. The molecule has 29 heavy (non-hydrogen) atoms. The molecule has 0 atom stereocenters. The molecule has 2 aromatic carbocycles. The van der Waals surface area contributed by atoms with Gasteiger partial charge in [-0.15, -0.1) is 0 Å². The van der Waals surface area contributed by atoms with Gasteiger partial charge >= 0.3 is 11.9 Å². The molecule has 8 nitrogen and oxygen atoms in total. The highest BCUT2D eigenvalue weighted by molar-refractivity contribution is 6.37. The molecule has 8 heteroatoms. The summed E-state index contributed by atoms with van der Waals surface area (Å²) in [6.07, 6.45) is 0. The average Bonchev–Trinajstić information content (AvgIpc) is 2.72. The third-order valence-electron chi connectivity index (χ3n) is 3.67. The van der Waals surface area contributed by atoms with Crippen LogP contribution in [0.15, 0.2) is 42.5 Å². The molecule has 0 aliphatic heterocycles. The van der Waals surface area contributed by atoms with E-state index in [2.05, 4.69) is 10.6 Å². The van der Waals surface area contributed by atoms with Crippen LogP contribution in [-0.4, -0.2) is 37.6 Å². The molecule has 0 radical (unpaired) electrons. The summed E-state index contributed by atoms with van der Waals surface area (Å²) in [5.41, 5.74) is 1.08. The molecule has 0 aromatic heterocycles. The molecule has 0 aliphatic carbocycles. The number of carbonyl (C=O) groups excluding carboxylic acids is 3. The molecule has 0 saturated carbocycles. The summed E-state index contributed by atoms with van der Waals surface area (Å²) in [6.45, 7) is 5.88. The minimum Gasteiger partial charge on any atom is -0.492 e. The molecule has 0 unspecified atom stereocenters. The molecule has 2 aromatic rings. The van der Waals surface area contributed by atoms with Crippen LogP contribution in [0.3, 0.4) is 0 Å². The fourth-order valence-corrected chi connectivity index (χ4v) is 2.46. The van der Waals surface area contributed by atoms with Gasteiger partial charge in [0.1, 0.15) is 11.5 Å². The van der Waals surface area contributed by atoms with Gasteiger partial charge < -0.3 is 24.8 Å². The number of esters is 1. The smallest absolute Gasteiger partial charge is 0.397 e. The summed E-state index contributed by atoms with van der Waals surface area (Å²) in [5.74, 6) is -1.67. The standard InChI is InChI=1S/C21H24N2O6/c1-4-27-17-13-16(23-20(25)21(26)29-6-3)18(28-5-2)12-15(17)22-19(24)14-10-8-7-9-11-14/h7-13H,4-6H2,1-3H3,(H,22,24)(H,23,25). The number of nitrogens with one attached hydrogen (secondary N) is 2. The third kappa shape index (κ3) is 5.97. The van der Waals surface area contributed by atoms with Gasteiger partial charge in [0, 0.05) is 17.7 Å². The van der Waals surface area contributed by atoms with Gasteiger partial charge in [0.25, 0.3) is 5.91 Å². The van der Waals surface area contributed by atoms with Gasteiger partial charge in [0.2, 0.25) is 0 Å². The number of rotatable bonds is 8. The van der Waals surface area contributed by atoms with Crippen LogP contribution in [-0.2, 0) is 14.3 Å². The Hall–Kier alpha value is -3.55. The van der Waals surface area contributed by atoms with Crippen molar-refractivity contribution in [2.45, 2.75) is 20.8 Å². The van der Waals surface area contributed by atoms with Crippen molar-refractivity contribution in [1.82, 2.24) is 0 Å². The molecule has 154 valence electrons. The Morgan fingerprint density at radius 3 is 1.86 bits per heavy atom. The molecule has 0 heterocycles. The predicted octanol–water partition coefficient (Wildman–Crippen LogP) is 3.24. The van der Waals surface area contributed by atoms with Crippen molar-refractivity contribution in [3.8, 4) is 11.5 Å². The quantitative estimate of drug-likeness (QED) is 0.521. The fraction of sp³-hybridized carbons (Fsp3) is 0.286. The van der Waals surface area contributed by atoms with E-state index in [0.29, 0.717) is 30.2 Å². The van der Waals surface area contributed by atoms with Crippen LogP contribution in [0.25, 0.3) is 0 Å². The lowest BCUT2D eigenvalue weighted by Crippen LogP contribution is -2.25. The lowest BCUT2D eigenvalue weighted by molar-refractivity contribution is -0.152. The molecule has 2 N–H and O–H groups in total. The summed E-state index contributed by atoms with van der Waals surface area (Å²) in [5, 5.41) is 5.25. The monoisotopic (exact) mass is 400 g/mol. The highest BCUT2D eigenvalue weighted by Crippen LogP contribution is 2.37. The highest BCUT2D eigenvalue weighted by Gasteiger charge is 2.20. The summed E-state index contributed by atoms with van der Waals surface area (Å²) in [4.78, 5) is 36.2. The summed E-state index contributed by atoms with van der Waals surface area (Å²) in [7, 11) is 0. The van der Waals surface area contributed by atoms with Crippen molar-refractivity contribution in [2.75, 3.05) is 30.5 Å². The lowest BCUT2D eigenvalue weighted by Gasteiger charge is -2.17. The second-order valence-corrected chi connectivity index (χ2v) is 5.71. The predicted molar refractivity (Wildman–Crippen MR) is 108 cm³/mol. The van der Waals surface area contributed by atoms with Crippen molar-refractivity contribution in [1.29, 1.82) is 0 Å². The van der Waals surface area contributed by atoms with Crippen LogP contribution >= 0.6 is 0 Å². The van der Waals surface area contributed by atoms with E-state index in [1.807, 2.05) is 6.07 Å². The van der Waals surface area contributed by atoms with Gasteiger partial charge in [-0.2, -0.15) is 0 Å². The van der Waals surface area contributed by atoms with E-state index in [9.17, 15) is 14.4 Å². The van der Waals surface area contributed by atoms with E-state index in [-0.39, 0.29) is 24.0 Å². The minimum absolute atomic E-state index is 0.0826. The molecule has 2 rings (SSSR count). The van der Waals surface area contributed by atoms with E-state index in [0.717, 1.165) is 0 Å². The zero-order chi connectivity index (χ0) is 21.2. The number of anilines is 2. The maximum Gasteiger partial charge on any atom is 0.397 e. The van der Waals surface area contributed by atoms with Gasteiger partial charge in [0.15, 0.2) is 0 Å². The summed E-state index contributed by atoms with van der Waals surface area (Å²) >= 11 is 0. The number of ether oxygens (including phenoxy) is 3. The van der Waals surface area contributed by atoms with Gasteiger partial charge in [0.05, 0.1) is 31.2 Å². The van der Waals surface area contributed by atoms with E-state index >= 15 is 0 Å². The van der Waals surface area contributed by atoms with Crippen LogP contribution in [0.1, 0.15) is 31.1 Å². The summed E-state index contributed by atoms with van der Waals surface area (Å²) in [6, 6.07) is 11.7. The SMILES string of the molecule is CCOC(=O)C(=O)Nc1cc(OCC)c(NC(=O)c2ccccc2)cc1OCC. The Morgan fingerprint density at radius 2 is 1.34 bits per heavy atom. The topological polar surface area (TPSA) is 103 Å². The Kier molecular flexibility index (Phi) is 8.02. The fourth-order valence-electron chi connectivity index (χ4n) is 2.46. The van der Waals surface area contributed by atoms with Gasteiger partial charge in [-0.1, -0.05) is 18.2 Å². The number of hydrogen-bond donors (Lipinski definition) is 2. The van der Waals surface area contributed by atoms with Crippen LogP contribution in [0, 0.1) is 0 Å². The lowest BCUT2D eigenvalue weighted by atomic mass is 10.2. The Morgan fingerprint density at radius 1 is 0.793 bits per heavy atom. The van der Waals surface area contributed by atoms with Crippen LogP contribution in [0.2, 0.25) is 0 Å². The first-order valence-corrected chi connectivity index (χ1v) is 9.28. The zero-order valence-corrected chi connectivity index (χ0v) is 16.6. The normalized spacial score (nSPS) is 10.0. The van der Waals surface area contributed by atoms with E-state index < -0.39 is 11.9 Å². The first-order chi connectivity index (χ1) is 14.0. The molecule has 0 saturated heterocycles. The van der Waals surface area contributed by atoms with Crippen molar-refractivity contribution >= 4 is 29.2 Å². The van der Waals surface area contributed by atoms with Crippen molar-refractivity contribution in [3.05, 3.63) is 48.0 Å². The minimum atomic E-state index is -1.01. The zero-order valence-electron chi connectivity index (χ0n) is 16.6. The molecule has 0 aliphatic rings. The van der Waals surface area contributed by atoms with Crippen molar-refractivity contribution in [3.63, 3.8) is 0 Å². The number of benzene rings is 2. The van der Waals surface area contributed by atoms with Crippen molar-refractivity contribution in [2.24, 2.45) is 0 Å². The first kappa shape index (κ1) is 21.7. The number of amides is 2. The van der Waals surface area contributed by atoms with Crippen LogP contribution in [0.4, 0.5) is 11.4 Å². The maximum absolute atomic E-state index is 12.5. The van der Waals surface area contributed by atoms with Gasteiger partial charge in [-0.05, 0) is 32.9 Å². The van der Waals surface area contributed by atoms with Crippen LogP contribution < -0.4 is 20.1 Å². The second kappa shape index (κ2) is 10.7. The van der Waals surface area contributed by atoms with Crippen molar-refractivity contribution < 1.29 is 28.6 Å². The number of hydrogen-bond acceptors (Lipinski definition) is 6. The number of carbonyl (C=O) groups is 3. The molecule has 0 fully saturated rings. The van der Waals surface area contributed by atoms with E-state index in [1.54, 1.807) is 45.0 Å².